The summed E-state index contributed by atoms with van der Waals surface area (Å²) in [6, 6.07) is 10.1. The van der Waals surface area contributed by atoms with Crippen LogP contribution in [0.3, 0.4) is 0 Å². The summed E-state index contributed by atoms with van der Waals surface area (Å²) in [6.07, 6.45) is 5.32. The topological polar surface area (TPSA) is 85.3 Å². The average molecular weight is 372 g/mol. The monoisotopic (exact) mass is 371 g/mol. The molecule has 0 unspecified atom stereocenters. The third-order valence-electron chi connectivity index (χ3n) is 4.46. The molecule has 0 aliphatic rings. The van der Waals surface area contributed by atoms with Crippen LogP contribution in [0.1, 0.15) is 52.3 Å². The molecule has 6 nitrogen and oxygen atoms in total. The molecule has 0 spiro atoms. The molecular weight excluding hydrogens is 338 g/mol. The molecule has 2 aromatic rings. The molecule has 6 heteroatoms. The van der Waals surface area contributed by atoms with Gasteiger partial charge in [-0.15, -0.1) is 0 Å². The predicted molar refractivity (Wildman–Crippen MR) is 112 cm³/mol. The van der Waals surface area contributed by atoms with E-state index in [4.69, 9.17) is 0 Å². The smallest absolute Gasteiger partial charge is 0.191 e. The van der Waals surface area contributed by atoms with Crippen LogP contribution < -0.4 is 10.6 Å². The van der Waals surface area contributed by atoms with Gasteiger partial charge in [0.2, 0.25) is 0 Å². The summed E-state index contributed by atoms with van der Waals surface area (Å²) in [5.41, 5.74) is 1.40. The summed E-state index contributed by atoms with van der Waals surface area (Å²) < 4.78 is 0. The molecule has 1 aromatic carbocycles. The second-order valence-electron chi connectivity index (χ2n) is 6.88. The number of hydrogen-bond acceptors (Lipinski definition) is 3. The normalized spacial score (nSPS) is 12.2. The molecule has 1 heterocycles. The Morgan fingerprint density at radius 2 is 1.81 bits per heavy atom. The SMILES string of the molecule is CCCC(O)(CCC)CNC(=NCc1ncc(-c2ccccc2)[nH]1)NCC. The van der Waals surface area contributed by atoms with Crippen molar-refractivity contribution in [2.24, 2.45) is 4.99 Å². The molecule has 4 N–H and O–H groups in total. The van der Waals surface area contributed by atoms with Crippen LogP contribution in [0.4, 0.5) is 0 Å². The first-order chi connectivity index (χ1) is 13.1. The van der Waals surface area contributed by atoms with Crippen LogP contribution >= 0.6 is 0 Å². The van der Waals surface area contributed by atoms with Crippen LogP contribution in [0.2, 0.25) is 0 Å². The molecule has 0 radical (unpaired) electrons. The highest BCUT2D eigenvalue weighted by Gasteiger charge is 2.24. The van der Waals surface area contributed by atoms with Gasteiger partial charge in [-0.05, 0) is 25.3 Å². The van der Waals surface area contributed by atoms with Crippen LogP contribution in [0.5, 0.6) is 0 Å². The van der Waals surface area contributed by atoms with Gasteiger partial charge in [-0.2, -0.15) is 0 Å². The first-order valence-electron chi connectivity index (χ1n) is 9.94. The van der Waals surface area contributed by atoms with Gasteiger partial charge >= 0.3 is 0 Å². The maximum absolute atomic E-state index is 10.8. The number of imidazole rings is 1. The van der Waals surface area contributed by atoms with Gasteiger partial charge < -0.3 is 20.7 Å². The molecule has 0 atom stereocenters. The Morgan fingerprint density at radius 1 is 1.11 bits per heavy atom. The fraction of sp³-hybridized carbons (Fsp3) is 0.524. The van der Waals surface area contributed by atoms with E-state index in [9.17, 15) is 5.11 Å². The van der Waals surface area contributed by atoms with Crippen LogP contribution in [0.25, 0.3) is 11.3 Å². The number of rotatable bonds is 10. The van der Waals surface area contributed by atoms with E-state index in [1.54, 1.807) is 0 Å². The van der Waals surface area contributed by atoms with Crippen molar-refractivity contribution in [1.82, 2.24) is 20.6 Å². The van der Waals surface area contributed by atoms with Crippen LogP contribution in [-0.4, -0.2) is 39.7 Å². The Labute approximate surface area is 162 Å². The van der Waals surface area contributed by atoms with E-state index in [2.05, 4.69) is 51.6 Å². The van der Waals surface area contributed by atoms with Crippen molar-refractivity contribution in [3.05, 3.63) is 42.4 Å². The molecule has 0 aliphatic heterocycles. The van der Waals surface area contributed by atoms with Crippen molar-refractivity contribution in [2.45, 2.75) is 58.6 Å². The third kappa shape index (κ3) is 6.71. The van der Waals surface area contributed by atoms with E-state index in [-0.39, 0.29) is 0 Å². The first kappa shape index (κ1) is 21.0. The molecule has 0 amide bonds. The molecular formula is C21H33N5O. The Kier molecular flexibility index (Phi) is 8.33. The molecule has 0 bridgehead atoms. The zero-order valence-electron chi connectivity index (χ0n) is 16.8. The first-order valence-corrected chi connectivity index (χ1v) is 9.94. The van der Waals surface area contributed by atoms with Crippen molar-refractivity contribution < 1.29 is 5.11 Å². The number of aromatic amines is 1. The fourth-order valence-electron chi connectivity index (χ4n) is 3.18. The maximum Gasteiger partial charge on any atom is 0.191 e. The lowest BCUT2D eigenvalue weighted by molar-refractivity contribution is 0.0257. The third-order valence-corrected chi connectivity index (χ3v) is 4.46. The van der Waals surface area contributed by atoms with Gasteiger partial charge in [-0.1, -0.05) is 57.0 Å². The van der Waals surface area contributed by atoms with Crippen LogP contribution in [0.15, 0.2) is 41.5 Å². The van der Waals surface area contributed by atoms with Gasteiger partial charge in [0.1, 0.15) is 12.4 Å². The number of nitrogens with zero attached hydrogens (tertiary/aromatic N) is 2. The van der Waals surface area contributed by atoms with Gasteiger partial charge in [-0.25, -0.2) is 9.98 Å². The highest BCUT2D eigenvalue weighted by Crippen LogP contribution is 2.18. The number of hydrogen-bond donors (Lipinski definition) is 4. The number of aromatic nitrogens is 2. The zero-order valence-corrected chi connectivity index (χ0v) is 16.8. The Bertz CT molecular complexity index is 690. The average Bonchev–Trinajstić information content (AvgIpc) is 3.14. The number of aliphatic hydroxyl groups is 1. The molecule has 0 aliphatic carbocycles. The van der Waals surface area contributed by atoms with E-state index >= 15 is 0 Å². The van der Waals surface area contributed by atoms with Crippen molar-refractivity contribution in [1.29, 1.82) is 0 Å². The quantitative estimate of drug-likeness (QED) is 0.381. The highest BCUT2D eigenvalue weighted by atomic mass is 16.3. The summed E-state index contributed by atoms with van der Waals surface area (Å²) in [7, 11) is 0. The molecule has 27 heavy (non-hydrogen) atoms. The number of H-pyrrole nitrogens is 1. The van der Waals surface area contributed by atoms with E-state index in [1.165, 1.54) is 0 Å². The minimum absolute atomic E-state index is 0.447. The van der Waals surface area contributed by atoms with Crippen LogP contribution in [-0.2, 0) is 6.54 Å². The van der Waals surface area contributed by atoms with Crippen molar-refractivity contribution in [3.63, 3.8) is 0 Å². The minimum Gasteiger partial charge on any atom is -0.388 e. The highest BCUT2D eigenvalue weighted by molar-refractivity contribution is 5.79. The van der Waals surface area contributed by atoms with Crippen molar-refractivity contribution in [3.8, 4) is 11.3 Å². The summed E-state index contributed by atoms with van der Waals surface area (Å²) in [6.45, 7) is 7.93. The Morgan fingerprint density at radius 3 is 2.44 bits per heavy atom. The summed E-state index contributed by atoms with van der Waals surface area (Å²) in [5.74, 6) is 1.50. The molecule has 0 saturated carbocycles. The van der Waals surface area contributed by atoms with E-state index in [0.29, 0.717) is 19.0 Å². The molecule has 1 aromatic heterocycles. The molecule has 148 valence electrons. The van der Waals surface area contributed by atoms with E-state index < -0.39 is 5.60 Å². The summed E-state index contributed by atoms with van der Waals surface area (Å²) >= 11 is 0. The number of guanidine groups is 1. The number of nitrogens with one attached hydrogen (secondary N) is 3. The second-order valence-corrected chi connectivity index (χ2v) is 6.88. The van der Waals surface area contributed by atoms with Crippen molar-refractivity contribution in [2.75, 3.05) is 13.1 Å². The summed E-state index contributed by atoms with van der Waals surface area (Å²) in [5, 5.41) is 17.3. The standard InChI is InChI=1S/C21H33N5O/c1-4-12-21(27,13-5-2)16-25-20(22-6-3)24-15-19-23-14-18(26-19)17-10-8-7-9-11-17/h7-11,14,27H,4-6,12-13,15-16H2,1-3H3,(H,23,26)(H2,22,24,25). The fourth-order valence-corrected chi connectivity index (χ4v) is 3.18. The molecule has 0 fully saturated rings. The maximum atomic E-state index is 10.8. The second kappa shape index (κ2) is 10.7. The number of aliphatic imine (C=N–C) groups is 1. The van der Waals surface area contributed by atoms with Gasteiger partial charge in [0.15, 0.2) is 5.96 Å². The molecule has 0 saturated heterocycles. The Balaban J connectivity index is 1.99. The largest absolute Gasteiger partial charge is 0.388 e. The minimum atomic E-state index is -0.690. The van der Waals surface area contributed by atoms with Gasteiger partial charge in [0.25, 0.3) is 0 Å². The van der Waals surface area contributed by atoms with E-state index in [1.807, 2.05) is 31.3 Å². The Hall–Kier alpha value is -2.34. The summed E-state index contributed by atoms with van der Waals surface area (Å²) in [4.78, 5) is 12.3. The number of benzene rings is 1. The van der Waals surface area contributed by atoms with Gasteiger partial charge in [0, 0.05) is 13.1 Å². The van der Waals surface area contributed by atoms with Gasteiger partial charge in [-0.3, -0.25) is 0 Å². The van der Waals surface area contributed by atoms with Crippen LogP contribution in [0, 0.1) is 0 Å². The lowest BCUT2D eigenvalue weighted by Crippen LogP contribution is -2.47. The van der Waals surface area contributed by atoms with E-state index in [0.717, 1.165) is 49.3 Å². The predicted octanol–water partition coefficient (Wildman–Crippen LogP) is 3.46. The zero-order chi connectivity index (χ0) is 19.5. The lowest BCUT2D eigenvalue weighted by Gasteiger charge is -2.28. The molecule has 2 rings (SSSR count). The van der Waals surface area contributed by atoms with Crippen molar-refractivity contribution >= 4 is 5.96 Å². The lowest BCUT2D eigenvalue weighted by atomic mass is 9.93. The van der Waals surface area contributed by atoms with Gasteiger partial charge in [0.05, 0.1) is 17.5 Å².